The van der Waals surface area contributed by atoms with Crippen molar-refractivity contribution in [3.8, 4) is 0 Å². The first-order valence-corrected chi connectivity index (χ1v) is 8.02. The Labute approximate surface area is 127 Å². The van der Waals surface area contributed by atoms with Crippen LogP contribution in [0.5, 0.6) is 0 Å². The number of unbranched alkanes of at least 4 members (excludes halogenated alkanes) is 1. The van der Waals surface area contributed by atoms with Gasteiger partial charge in [-0.2, -0.15) is 0 Å². The third kappa shape index (κ3) is 4.74. The third-order valence-corrected chi connectivity index (χ3v) is 3.83. The van der Waals surface area contributed by atoms with Gasteiger partial charge >= 0.3 is 6.03 Å². The molecule has 2 amide bonds. The number of carbonyl (C=O) groups is 1. The van der Waals surface area contributed by atoms with E-state index in [1.54, 1.807) is 0 Å². The molecule has 4 heteroatoms. The second-order valence-electron chi connectivity index (χ2n) is 5.69. The van der Waals surface area contributed by atoms with Crippen LogP contribution in [0.25, 0.3) is 0 Å². The molecule has 0 bridgehead atoms. The Morgan fingerprint density at radius 2 is 2.10 bits per heavy atom. The number of nitrogens with one attached hydrogen (secondary N) is 1. The van der Waals surface area contributed by atoms with Gasteiger partial charge in [-0.25, -0.2) is 4.79 Å². The van der Waals surface area contributed by atoms with Gasteiger partial charge in [-0.15, -0.1) is 0 Å². The van der Waals surface area contributed by atoms with E-state index >= 15 is 0 Å². The number of nitrogens with zero attached hydrogens (tertiary/aromatic N) is 1. The van der Waals surface area contributed by atoms with Gasteiger partial charge in [0.25, 0.3) is 0 Å². The first-order chi connectivity index (χ1) is 10.3. The van der Waals surface area contributed by atoms with Gasteiger partial charge in [0.1, 0.15) is 0 Å². The molecule has 1 aliphatic carbocycles. The van der Waals surface area contributed by atoms with Crippen LogP contribution in [0.4, 0.5) is 10.5 Å². The van der Waals surface area contributed by atoms with E-state index in [2.05, 4.69) is 18.3 Å². The maximum absolute atomic E-state index is 12.5. The van der Waals surface area contributed by atoms with E-state index in [4.69, 9.17) is 5.11 Å². The maximum atomic E-state index is 12.5. The molecule has 1 aromatic carbocycles. The fourth-order valence-corrected chi connectivity index (χ4v) is 2.55. The Hall–Kier alpha value is -1.55. The van der Waals surface area contributed by atoms with Gasteiger partial charge in [-0.3, -0.25) is 0 Å². The fourth-order valence-electron chi connectivity index (χ4n) is 2.55. The molecule has 1 aromatic rings. The third-order valence-electron chi connectivity index (χ3n) is 3.83. The highest BCUT2D eigenvalue weighted by Crippen LogP contribution is 2.28. The molecular weight excluding hydrogens is 264 g/mol. The molecule has 0 unspecified atom stereocenters. The second kappa shape index (κ2) is 8.03. The summed E-state index contributed by atoms with van der Waals surface area (Å²) in [7, 11) is 0. The Bertz CT molecular complexity index is 458. The summed E-state index contributed by atoms with van der Waals surface area (Å²) in [5.74, 6) is 0. The van der Waals surface area contributed by atoms with Gasteiger partial charge in [0, 0.05) is 24.9 Å². The van der Waals surface area contributed by atoms with Crippen molar-refractivity contribution in [2.24, 2.45) is 0 Å². The molecule has 2 rings (SSSR count). The second-order valence-corrected chi connectivity index (χ2v) is 5.69. The molecule has 1 aliphatic rings. The van der Waals surface area contributed by atoms with E-state index in [-0.39, 0.29) is 12.6 Å². The highest BCUT2D eigenvalue weighted by molar-refractivity contribution is 5.90. The van der Waals surface area contributed by atoms with E-state index in [0.717, 1.165) is 50.8 Å². The molecule has 21 heavy (non-hydrogen) atoms. The standard InChI is InChI=1S/C17H26N2O2/c1-2-7-14-8-3-4-9-16(14)18-17(21)19(15-10-11-15)12-5-6-13-20/h3-4,8-9,15,20H,2,5-7,10-13H2,1H3,(H,18,21). The van der Waals surface area contributed by atoms with Gasteiger partial charge < -0.3 is 15.3 Å². The van der Waals surface area contributed by atoms with E-state index < -0.39 is 0 Å². The predicted molar refractivity (Wildman–Crippen MR) is 85.5 cm³/mol. The Kier molecular flexibility index (Phi) is 6.05. The van der Waals surface area contributed by atoms with Crippen molar-refractivity contribution in [2.75, 3.05) is 18.5 Å². The molecule has 0 aromatic heterocycles. The zero-order valence-electron chi connectivity index (χ0n) is 12.8. The number of aliphatic hydroxyl groups excluding tert-OH is 1. The summed E-state index contributed by atoms with van der Waals surface area (Å²) in [6, 6.07) is 8.41. The van der Waals surface area contributed by atoms with Crippen molar-refractivity contribution in [3.63, 3.8) is 0 Å². The summed E-state index contributed by atoms with van der Waals surface area (Å²) in [6.45, 7) is 3.07. The number of aryl methyl sites for hydroxylation is 1. The predicted octanol–water partition coefficient (Wildman–Crippen LogP) is 3.41. The summed E-state index contributed by atoms with van der Waals surface area (Å²) in [5, 5.41) is 12.0. The zero-order chi connectivity index (χ0) is 15.1. The van der Waals surface area contributed by atoms with Crippen molar-refractivity contribution in [3.05, 3.63) is 29.8 Å². The summed E-state index contributed by atoms with van der Waals surface area (Å²) in [4.78, 5) is 14.4. The van der Waals surface area contributed by atoms with Crippen LogP contribution in [0.3, 0.4) is 0 Å². The van der Waals surface area contributed by atoms with Crippen LogP contribution in [0.2, 0.25) is 0 Å². The number of aliphatic hydroxyl groups is 1. The summed E-state index contributed by atoms with van der Waals surface area (Å²) < 4.78 is 0. The molecule has 0 atom stereocenters. The van der Waals surface area contributed by atoms with Gasteiger partial charge in [-0.05, 0) is 43.7 Å². The number of benzene rings is 1. The summed E-state index contributed by atoms with van der Waals surface area (Å²) >= 11 is 0. The summed E-state index contributed by atoms with van der Waals surface area (Å²) in [6.07, 6.45) is 5.85. The van der Waals surface area contributed by atoms with Crippen molar-refractivity contribution in [1.82, 2.24) is 4.90 Å². The summed E-state index contributed by atoms with van der Waals surface area (Å²) in [5.41, 5.74) is 2.12. The number of anilines is 1. The molecule has 0 radical (unpaired) electrons. The van der Waals surface area contributed by atoms with Crippen LogP contribution in [-0.4, -0.2) is 35.2 Å². The van der Waals surface area contributed by atoms with Crippen LogP contribution in [-0.2, 0) is 6.42 Å². The van der Waals surface area contributed by atoms with E-state index in [0.29, 0.717) is 6.04 Å². The quantitative estimate of drug-likeness (QED) is 0.721. The van der Waals surface area contributed by atoms with Crippen molar-refractivity contribution < 1.29 is 9.90 Å². The number of rotatable bonds is 8. The average molecular weight is 290 g/mol. The Balaban J connectivity index is 1.98. The molecule has 4 nitrogen and oxygen atoms in total. The Morgan fingerprint density at radius 3 is 2.76 bits per heavy atom. The van der Waals surface area contributed by atoms with Gasteiger partial charge in [-0.1, -0.05) is 31.5 Å². The number of urea groups is 1. The Morgan fingerprint density at radius 1 is 1.33 bits per heavy atom. The number of carbonyl (C=O) groups excluding carboxylic acids is 1. The average Bonchev–Trinajstić information content (AvgIpc) is 3.30. The van der Waals surface area contributed by atoms with Crippen LogP contribution >= 0.6 is 0 Å². The molecule has 1 saturated carbocycles. The molecule has 0 aliphatic heterocycles. The highest BCUT2D eigenvalue weighted by atomic mass is 16.3. The van der Waals surface area contributed by atoms with Crippen molar-refractivity contribution >= 4 is 11.7 Å². The number of hydrogen-bond donors (Lipinski definition) is 2. The van der Waals surface area contributed by atoms with Crippen molar-refractivity contribution in [2.45, 2.75) is 51.5 Å². The van der Waals surface area contributed by atoms with Crippen LogP contribution in [0.15, 0.2) is 24.3 Å². The molecule has 1 fully saturated rings. The SMILES string of the molecule is CCCc1ccccc1NC(=O)N(CCCCO)C1CC1. The molecule has 116 valence electrons. The minimum Gasteiger partial charge on any atom is -0.396 e. The lowest BCUT2D eigenvalue weighted by molar-refractivity contribution is 0.204. The van der Waals surface area contributed by atoms with Gasteiger partial charge in [0.15, 0.2) is 0 Å². The highest BCUT2D eigenvalue weighted by Gasteiger charge is 2.32. The number of para-hydroxylation sites is 1. The lowest BCUT2D eigenvalue weighted by atomic mass is 10.1. The van der Waals surface area contributed by atoms with Crippen LogP contribution < -0.4 is 5.32 Å². The number of hydrogen-bond acceptors (Lipinski definition) is 2. The normalized spacial score (nSPS) is 14.0. The lowest BCUT2D eigenvalue weighted by Gasteiger charge is -2.23. The van der Waals surface area contributed by atoms with E-state index in [9.17, 15) is 4.79 Å². The minimum atomic E-state index is -0.000933. The zero-order valence-corrected chi connectivity index (χ0v) is 12.8. The minimum absolute atomic E-state index is 0.000933. The maximum Gasteiger partial charge on any atom is 0.322 e. The molecular formula is C17H26N2O2. The van der Waals surface area contributed by atoms with Gasteiger partial charge in [0.05, 0.1) is 0 Å². The molecule has 2 N–H and O–H groups in total. The van der Waals surface area contributed by atoms with E-state index in [1.807, 2.05) is 23.1 Å². The van der Waals surface area contributed by atoms with Gasteiger partial charge in [0.2, 0.25) is 0 Å². The molecule has 0 saturated heterocycles. The van der Waals surface area contributed by atoms with E-state index in [1.165, 1.54) is 5.56 Å². The topological polar surface area (TPSA) is 52.6 Å². The number of amides is 2. The monoisotopic (exact) mass is 290 g/mol. The first-order valence-electron chi connectivity index (χ1n) is 8.02. The fraction of sp³-hybridized carbons (Fsp3) is 0.588. The van der Waals surface area contributed by atoms with Crippen LogP contribution in [0.1, 0.15) is 44.6 Å². The molecule has 0 heterocycles. The lowest BCUT2D eigenvalue weighted by Crippen LogP contribution is -2.37. The van der Waals surface area contributed by atoms with Crippen LogP contribution in [0, 0.1) is 0 Å². The van der Waals surface area contributed by atoms with Crippen molar-refractivity contribution in [1.29, 1.82) is 0 Å². The first kappa shape index (κ1) is 15.8. The largest absolute Gasteiger partial charge is 0.396 e. The molecule has 0 spiro atoms. The smallest absolute Gasteiger partial charge is 0.322 e.